The van der Waals surface area contributed by atoms with Crippen molar-refractivity contribution in [2.45, 2.75) is 52.8 Å². The molecule has 1 saturated heterocycles. The summed E-state index contributed by atoms with van der Waals surface area (Å²) in [6.07, 6.45) is -1.59. The summed E-state index contributed by atoms with van der Waals surface area (Å²) in [7, 11) is 0. The molecule has 2 rings (SSSR count). The SMILES string of the molecule is Cc1c(Cl)c(C(F)(F)F)nn1CC(=O)N1CCC(CC(C)C)CC1. The maximum Gasteiger partial charge on any atom is 0.436 e. The molecule has 4 nitrogen and oxygen atoms in total. The van der Waals surface area contributed by atoms with E-state index in [0.717, 1.165) is 23.9 Å². The van der Waals surface area contributed by atoms with Gasteiger partial charge in [0.05, 0.1) is 10.7 Å². The van der Waals surface area contributed by atoms with Crippen LogP contribution < -0.4 is 0 Å². The Morgan fingerprint density at radius 1 is 1.33 bits per heavy atom. The molecule has 1 amide bonds. The van der Waals surface area contributed by atoms with Crippen LogP contribution in [0, 0.1) is 18.8 Å². The average molecular weight is 366 g/mol. The third-order valence-electron chi connectivity index (χ3n) is 4.46. The first-order valence-corrected chi connectivity index (χ1v) is 8.55. The number of likely N-dealkylation sites (tertiary alicyclic amines) is 1. The highest BCUT2D eigenvalue weighted by Gasteiger charge is 2.38. The van der Waals surface area contributed by atoms with Crippen molar-refractivity contribution in [1.82, 2.24) is 14.7 Å². The third-order valence-corrected chi connectivity index (χ3v) is 4.91. The van der Waals surface area contributed by atoms with Crippen LogP contribution in [0.1, 0.15) is 44.5 Å². The summed E-state index contributed by atoms with van der Waals surface area (Å²) >= 11 is 5.71. The van der Waals surface area contributed by atoms with Gasteiger partial charge in [-0.2, -0.15) is 18.3 Å². The zero-order chi connectivity index (χ0) is 18.1. The normalized spacial score (nSPS) is 16.9. The summed E-state index contributed by atoms with van der Waals surface area (Å²) in [5, 5.41) is 3.04. The van der Waals surface area contributed by atoms with Crippen LogP contribution in [0.5, 0.6) is 0 Å². The van der Waals surface area contributed by atoms with Crippen molar-refractivity contribution in [3.8, 4) is 0 Å². The van der Waals surface area contributed by atoms with E-state index in [0.29, 0.717) is 24.9 Å². The molecule has 8 heteroatoms. The quantitative estimate of drug-likeness (QED) is 0.804. The number of aromatic nitrogens is 2. The number of carbonyl (C=O) groups excluding carboxylic acids is 1. The minimum Gasteiger partial charge on any atom is -0.341 e. The molecule has 0 radical (unpaired) electrons. The van der Waals surface area contributed by atoms with Crippen LogP contribution in [-0.4, -0.2) is 33.7 Å². The molecule has 1 aromatic heterocycles. The standard InChI is InChI=1S/C16H23ClF3N3O/c1-10(2)8-12-4-6-22(7-5-12)13(24)9-23-11(3)14(17)15(21-23)16(18,19)20/h10,12H,4-9H2,1-3H3. The number of alkyl halides is 3. The second-order valence-corrected chi connectivity index (χ2v) is 7.24. The number of piperidine rings is 1. The smallest absolute Gasteiger partial charge is 0.341 e. The lowest BCUT2D eigenvalue weighted by atomic mass is 9.88. The van der Waals surface area contributed by atoms with Gasteiger partial charge < -0.3 is 4.90 Å². The topological polar surface area (TPSA) is 38.1 Å². The lowest BCUT2D eigenvalue weighted by molar-refractivity contribution is -0.142. The van der Waals surface area contributed by atoms with Gasteiger partial charge in [0.15, 0.2) is 5.69 Å². The lowest BCUT2D eigenvalue weighted by Crippen LogP contribution is -2.40. The van der Waals surface area contributed by atoms with Crippen LogP contribution in [0.3, 0.4) is 0 Å². The average Bonchev–Trinajstić information content (AvgIpc) is 2.75. The fraction of sp³-hybridized carbons (Fsp3) is 0.750. The van der Waals surface area contributed by atoms with Crippen LogP contribution in [0.15, 0.2) is 0 Å². The molecular formula is C16H23ClF3N3O. The molecule has 24 heavy (non-hydrogen) atoms. The monoisotopic (exact) mass is 365 g/mol. The molecule has 0 saturated carbocycles. The molecule has 1 fully saturated rings. The van der Waals surface area contributed by atoms with Gasteiger partial charge in [0.1, 0.15) is 6.54 Å². The van der Waals surface area contributed by atoms with Crippen LogP contribution in [0.4, 0.5) is 13.2 Å². The number of rotatable bonds is 4. The van der Waals surface area contributed by atoms with Crippen molar-refractivity contribution in [3.05, 3.63) is 16.4 Å². The molecule has 0 unspecified atom stereocenters. The first kappa shape index (κ1) is 19.1. The summed E-state index contributed by atoms with van der Waals surface area (Å²) in [6.45, 7) is 6.88. The molecule has 1 aromatic rings. The fourth-order valence-corrected chi connectivity index (χ4v) is 3.41. The number of amides is 1. The van der Waals surface area contributed by atoms with Crippen molar-refractivity contribution in [3.63, 3.8) is 0 Å². The highest BCUT2D eigenvalue weighted by molar-refractivity contribution is 6.32. The van der Waals surface area contributed by atoms with E-state index < -0.39 is 16.9 Å². The van der Waals surface area contributed by atoms with Crippen LogP contribution in [0.2, 0.25) is 5.02 Å². The van der Waals surface area contributed by atoms with E-state index in [9.17, 15) is 18.0 Å². The highest BCUT2D eigenvalue weighted by Crippen LogP contribution is 2.35. The first-order chi connectivity index (χ1) is 11.1. The maximum absolute atomic E-state index is 12.8. The van der Waals surface area contributed by atoms with Crippen molar-refractivity contribution in [1.29, 1.82) is 0 Å². The van der Waals surface area contributed by atoms with Crippen molar-refractivity contribution < 1.29 is 18.0 Å². The first-order valence-electron chi connectivity index (χ1n) is 8.17. The van der Waals surface area contributed by atoms with E-state index in [-0.39, 0.29) is 18.1 Å². The van der Waals surface area contributed by atoms with Crippen molar-refractivity contribution >= 4 is 17.5 Å². The summed E-state index contributed by atoms with van der Waals surface area (Å²) in [6, 6.07) is 0. The van der Waals surface area contributed by atoms with Gasteiger partial charge in [-0.05, 0) is 38.0 Å². The van der Waals surface area contributed by atoms with Gasteiger partial charge in [-0.1, -0.05) is 25.4 Å². The van der Waals surface area contributed by atoms with Gasteiger partial charge in [-0.25, -0.2) is 0 Å². The van der Waals surface area contributed by atoms with Gasteiger partial charge >= 0.3 is 6.18 Å². The Bertz CT molecular complexity index is 590. The van der Waals surface area contributed by atoms with Gasteiger partial charge in [0.2, 0.25) is 5.91 Å². The number of nitrogens with zero attached hydrogens (tertiary/aromatic N) is 3. The predicted octanol–water partition coefficient (Wildman–Crippen LogP) is 4.15. The molecular weight excluding hydrogens is 343 g/mol. The van der Waals surface area contributed by atoms with Crippen molar-refractivity contribution in [2.24, 2.45) is 11.8 Å². The van der Waals surface area contributed by atoms with Gasteiger partial charge in [0.25, 0.3) is 0 Å². The van der Waals surface area contributed by atoms with E-state index in [1.54, 1.807) is 4.90 Å². The van der Waals surface area contributed by atoms with Crippen LogP contribution in [0.25, 0.3) is 0 Å². The van der Waals surface area contributed by atoms with Crippen molar-refractivity contribution in [2.75, 3.05) is 13.1 Å². The number of halogens is 4. The van der Waals surface area contributed by atoms with E-state index in [1.807, 2.05) is 0 Å². The molecule has 0 N–H and O–H groups in total. The maximum atomic E-state index is 12.8. The number of hydrogen-bond acceptors (Lipinski definition) is 2. The summed E-state index contributed by atoms with van der Waals surface area (Å²) < 4.78 is 39.5. The molecule has 0 aromatic carbocycles. The van der Waals surface area contributed by atoms with Gasteiger partial charge in [-0.3, -0.25) is 9.48 Å². The molecule has 0 aliphatic carbocycles. The molecule has 0 atom stereocenters. The third kappa shape index (κ3) is 4.43. The second kappa shape index (κ2) is 7.33. The van der Waals surface area contributed by atoms with Crippen LogP contribution >= 0.6 is 11.6 Å². The summed E-state index contributed by atoms with van der Waals surface area (Å²) in [5.41, 5.74) is -0.975. The Labute approximate surface area is 144 Å². The molecule has 2 heterocycles. The fourth-order valence-electron chi connectivity index (χ4n) is 3.17. The Kier molecular flexibility index (Phi) is 5.83. The summed E-state index contributed by atoms with van der Waals surface area (Å²) in [5.74, 6) is 1.03. The Hall–Kier alpha value is -1.24. The molecule has 0 bridgehead atoms. The minimum absolute atomic E-state index is 0.159. The number of hydrogen-bond donors (Lipinski definition) is 0. The molecule has 1 aliphatic rings. The van der Waals surface area contributed by atoms with E-state index in [2.05, 4.69) is 18.9 Å². The van der Waals surface area contributed by atoms with E-state index in [4.69, 9.17) is 11.6 Å². The molecule has 136 valence electrons. The Balaban J connectivity index is 1.99. The van der Waals surface area contributed by atoms with Gasteiger partial charge in [-0.15, -0.1) is 0 Å². The molecule has 0 spiro atoms. The predicted molar refractivity (Wildman–Crippen MR) is 85.7 cm³/mol. The summed E-state index contributed by atoms with van der Waals surface area (Å²) in [4.78, 5) is 14.1. The zero-order valence-corrected chi connectivity index (χ0v) is 14.9. The number of carbonyl (C=O) groups is 1. The Morgan fingerprint density at radius 3 is 2.38 bits per heavy atom. The van der Waals surface area contributed by atoms with E-state index >= 15 is 0 Å². The second-order valence-electron chi connectivity index (χ2n) is 6.86. The van der Waals surface area contributed by atoms with E-state index in [1.165, 1.54) is 6.92 Å². The molecule has 1 aliphatic heterocycles. The van der Waals surface area contributed by atoms with Crippen LogP contribution in [-0.2, 0) is 17.5 Å². The van der Waals surface area contributed by atoms with Gasteiger partial charge in [0, 0.05) is 13.1 Å². The zero-order valence-electron chi connectivity index (χ0n) is 14.2. The highest BCUT2D eigenvalue weighted by atomic mass is 35.5. The Morgan fingerprint density at radius 2 is 1.92 bits per heavy atom. The minimum atomic E-state index is -4.62. The largest absolute Gasteiger partial charge is 0.436 e. The lowest BCUT2D eigenvalue weighted by Gasteiger charge is -2.32.